The van der Waals surface area contributed by atoms with Crippen molar-refractivity contribution in [3.05, 3.63) is 65.7 Å². The van der Waals surface area contributed by atoms with Gasteiger partial charge < -0.3 is 15.4 Å². The highest BCUT2D eigenvalue weighted by atomic mass is 32.1. The van der Waals surface area contributed by atoms with E-state index < -0.39 is 0 Å². The molecule has 0 heterocycles. The van der Waals surface area contributed by atoms with Gasteiger partial charge in [0.15, 0.2) is 5.11 Å². The molecule has 144 valence electrons. The largest absolute Gasteiger partial charge is 0.462 e. The third kappa shape index (κ3) is 6.36. The fourth-order valence-corrected chi connectivity index (χ4v) is 3.47. The number of rotatable bonds is 7. The first kappa shape index (κ1) is 20.9. The Morgan fingerprint density at radius 3 is 2.52 bits per heavy atom. The molecule has 0 spiro atoms. The van der Waals surface area contributed by atoms with Crippen LogP contribution in [-0.2, 0) is 10.2 Å². The van der Waals surface area contributed by atoms with Gasteiger partial charge in [0.25, 0.3) is 0 Å². The van der Waals surface area contributed by atoms with Gasteiger partial charge in [-0.05, 0) is 61.7 Å². The van der Waals surface area contributed by atoms with E-state index in [1.54, 1.807) is 25.1 Å². The molecule has 4 nitrogen and oxygen atoms in total. The van der Waals surface area contributed by atoms with Crippen molar-refractivity contribution in [1.82, 2.24) is 5.32 Å². The van der Waals surface area contributed by atoms with Crippen LogP contribution in [0.15, 0.2) is 54.6 Å². The summed E-state index contributed by atoms with van der Waals surface area (Å²) in [7, 11) is 0. The molecule has 0 fully saturated rings. The third-order valence-corrected chi connectivity index (χ3v) is 4.60. The van der Waals surface area contributed by atoms with Crippen LogP contribution in [0, 0.1) is 0 Å². The highest BCUT2D eigenvalue weighted by Crippen LogP contribution is 2.28. The smallest absolute Gasteiger partial charge is 0.338 e. The summed E-state index contributed by atoms with van der Waals surface area (Å²) in [6.45, 7) is 8.73. The molecule has 0 aliphatic heterocycles. The lowest BCUT2D eigenvalue weighted by atomic mass is 9.79. The van der Waals surface area contributed by atoms with Crippen molar-refractivity contribution in [1.29, 1.82) is 0 Å². The fraction of sp³-hybridized carbons (Fsp3) is 0.364. The molecule has 0 saturated heterocycles. The van der Waals surface area contributed by atoms with Gasteiger partial charge in [0.05, 0.1) is 12.2 Å². The van der Waals surface area contributed by atoms with E-state index in [0.29, 0.717) is 17.3 Å². The Morgan fingerprint density at radius 2 is 1.85 bits per heavy atom. The van der Waals surface area contributed by atoms with E-state index in [1.165, 1.54) is 5.56 Å². The second kappa shape index (κ2) is 9.51. The summed E-state index contributed by atoms with van der Waals surface area (Å²) in [6.07, 6.45) is 0.932. The van der Waals surface area contributed by atoms with Gasteiger partial charge >= 0.3 is 5.97 Å². The van der Waals surface area contributed by atoms with Gasteiger partial charge in [-0.3, -0.25) is 0 Å². The maximum atomic E-state index is 11.9. The molecule has 5 heteroatoms. The zero-order valence-electron chi connectivity index (χ0n) is 16.4. The molecular weight excluding hydrogens is 356 g/mol. The number of benzene rings is 2. The first-order valence-corrected chi connectivity index (χ1v) is 9.63. The van der Waals surface area contributed by atoms with E-state index in [-0.39, 0.29) is 17.4 Å². The molecule has 0 amide bonds. The second-order valence-corrected chi connectivity index (χ2v) is 7.66. The van der Waals surface area contributed by atoms with Crippen molar-refractivity contribution in [2.24, 2.45) is 0 Å². The van der Waals surface area contributed by atoms with Crippen LogP contribution in [0.1, 0.15) is 50.0 Å². The third-order valence-electron chi connectivity index (χ3n) is 4.38. The molecule has 0 bridgehead atoms. The van der Waals surface area contributed by atoms with Crippen molar-refractivity contribution in [2.45, 2.75) is 45.6 Å². The highest BCUT2D eigenvalue weighted by Gasteiger charge is 2.23. The Balaban J connectivity index is 1.93. The predicted molar refractivity (Wildman–Crippen MR) is 115 cm³/mol. The van der Waals surface area contributed by atoms with E-state index >= 15 is 0 Å². The van der Waals surface area contributed by atoms with E-state index in [2.05, 4.69) is 55.7 Å². The maximum absolute atomic E-state index is 11.9. The summed E-state index contributed by atoms with van der Waals surface area (Å²) < 4.78 is 5.03. The molecule has 0 saturated carbocycles. The molecule has 0 aromatic heterocycles. The average Bonchev–Trinajstić information content (AvgIpc) is 2.62. The first-order valence-electron chi connectivity index (χ1n) is 9.22. The monoisotopic (exact) mass is 384 g/mol. The number of esters is 1. The maximum Gasteiger partial charge on any atom is 0.338 e. The normalized spacial score (nSPS) is 12.1. The van der Waals surface area contributed by atoms with Gasteiger partial charge in [0, 0.05) is 11.7 Å². The fourth-order valence-electron chi connectivity index (χ4n) is 3.15. The van der Waals surface area contributed by atoms with Crippen LogP contribution in [0.2, 0.25) is 0 Å². The minimum Gasteiger partial charge on any atom is -0.462 e. The molecule has 0 radical (unpaired) electrons. The quantitative estimate of drug-likeness (QED) is 0.525. The molecule has 2 rings (SSSR count). The minimum atomic E-state index is -0.335. The van der Waals surface area contributed by atoms with E-state index in [4.69, 9.17) is 17.0 Å². The Kier molecular flexibility index (Phi) is 7.36. The van der Waals surface area contributed by atoms with Crippen molar-refractivity contribution in [3.63, 3.8) is 0 Å². The number of hydrogen-bond acceptors (Lipinski definition) is 3. The van der Waals surface area contributed by atoms with Crippen molar-refractivity contribution < 1.29 is 9.53 Å². The van der Waals surface area contributed by atoms with Gasteiger partial charge in [-0.1, -0.05) is 50.2 Å². The molecule has 2 N–H and O–H groups in total. The number of ether oxygens (including phenoxy) is 1. The minimum absolute atomic E-state index is 0.0348. The standard InChI is InChI=1S/C22H28N2O2S/c1-5-26-20(25)17-10-9-13-19(14-17)24-21(27)23-16(2)15-22(3,4)18-11-7-6-8-12-18/h6-14,16H,5,15H2,1-4H3,(H2,23,24,27)/t16-/m0/s1. The topological polar surface area (TPSA) is 50.4 Å². The Labute approximate surface area is 167 Å². The summed E-state index contributed by atoms with van der Waals surface area (Å²) in [5.41, 5.74) is 2.60. The van der Waals surface area contributed by atoms with Crippen molar-refractivity contribution in [2.75, 3.05) is 11.9 Å². The van der Waals surface area contributed by atoms with Gasteiger partial charge in [-0.25, -0.2) is 4.79 Å². The number of thiocarbonyl (C=S) groups is 1. The van der Waals surface area contributed by atoms with Gasteiger partial charge in [-0.2, -0.15) is 0 Å². The van der Waals surface area contributed by atoms with Crippen LogP contribution in [0.4, 0.5) is 5.69 Å². The van der Waals surface area contributed by atoms with Gasteiger partial charge in [0.2, 0.25) is 0 Å². The lowest BCUT2D eigenvalue weighted by Crippen LogP contribution is -2.39. The van der Waals surface area contributed by atoms with Gasteiger partial charge in [-0.15, -0.1) is 0 Å². The zero-order chi connectivity index (χ0) is 19.9. The van der Waals surface area contributed by atoms with Crippen LogP contribution >= 0.6 is 12.2 Å². The summed E-state index contributed by atoms with van der Waals surface area (Å²) in [6, 6.07) is 17.8. The molecule has 0 unspecified atom stereocenters. The molecule has 1 atom stereocenters. The Bertz CT molecular complexity index is 775. The molecule has 27 heavy (non-hydrogen) atoms. The summed E-state index contributed by atoms with van der Waals surface area (Å²) >= 11 is 5.44. The lowest BCUT2D eigenvalue weighted by molar-refractivity contribution is 0.0526. The van der Waals surface area contributed by atoms with Crippen LogP contribution in [0.3, 0.4) is 0 Å². The summed E-state index contributed by atoms with van der Waals surface area (Å²) in [5, 5.41) is 7.02. The Hall–Kier alpha value is -2.40. The SMILES string of the molecule is CCOC(=O)c1cccc(NC(=S)N[C@@H](C)CC(C)(C)c2ccccc2)c1. The second-order valence-electron chi connectivity index (χ2n) is 7.25. The highest BCUT2D eigenvalue weighted by molar-refractivity contribution is 7.80. The molecule has 2 aromatic rings. The zero-order valence-corrected chi connectivity index (χ0v) is 17.2. The number of carbonyl (C=O) groups excluding carboxylic acids is 1. The molecule has 0 aliphatic carbocycles. The average molecular weight is 385 g/mol. The number of carbonyl (C=O) groups is 1. The number of hydrogen-bond donors (Lipinski definition) is 2. The van der Waals surface area contributed by atoms with Crippen LogP contribution < -0.4 is 10.6 Å². The Morgan fingerprint density at radius 1 is 1.15 bits per heavy atom. The first-order chi connectivity index (χ1) is 12.8. The molecular formula is C22H28N2O2S. The number of nitrogens with one attached hydrogen (secondary N) is 2. The summed E-state index contributed by atoms with van der Waals surface area (Å²) in [5.74, 6) is -0.335. The van der Waals surface area contributed by atoms with Crippen molar-refractivity contribution in [3.8, 4) is 0 Å². The molecule has 0 aliphatic rings. The predicted octanol–water partition coefficient (Wildman–Crippen LogP) is 4.91. The van der Waals surface area contributed by atoms with Crippen LogP contribution in [0.25, 0.3) is 0 Å². The lowest BCUT2D eigenvalue weighted by Gasteiger charge is -2.29. The van der Waals surface area contributed by atoms with E-state index in [9.17, 15) is 4.79 Å². The van der Waals surface area contributed by atoms with E-state index in [1.807, 2.05) is 12.1 Å². The van der Waals surface area contributed by atoms with E-state index in [0.717, 1.165) is 12.1 Å². The van der Waals surface area contributed by atoms with Gasteiger partial charge in [0.1, 0.15) is 0 Å². The van der Waals surface area contributed by atoms with Crippen LogP contribution in [-0.4, -0.2) is 23.7 Å². The molecule has 2 aromatic carbocycles. The summed E-state index contributed by atoms with van der Waals surface area (Å²) in [4.78, 5) is 11.9. The van der Waals surface area contributed by atoms with Crippen molar-refractivity contribution >= 4 is 29.0 Å². The number of anilines is 1. The van der Waals surface area contributed by atoms with Crippen LogP contribution in [0.5, 0.6) is 0 Å².